The van der Waals surface area contributed by atoms with Gasteiger partial charge in [0, 0.05) is 11.0 Å². The third kappa shape index (κ3) is 6.64. The maximum Gasteiger partial charge on any atom is 0.266 e. The van der Waals surface area contributed by atoms with Crippen molar-refractivity contribution in [2.75, 3.05) is 38.7 Å². The summed E-state index contributed by atoms with van der Waals surface area (Å²) in [6.45, 7) is 1.27. The number of fused-ring (bicyclic) bond motifs is 1. The Balaban J connectivity index is 0.00000300. The van der Waals surface area contributed by atoms with Gasteiger partial charge in [-0.3, -0.25) is 9.69 Å². The van der Waals surface area contributed by atoms with Crippen molar-refractivity contribution in [3.63, 3.8) is 0 Å². The molecule has 1 amide bonds. The van der Waals surface area contributed by atoms with Crippen LogP contribution >= 0.6 is 39.7 Å². The van der Waals surface area contributed by atoms with E-state index >= 15 is 0 Å². The summed E-state index contributed by atoms with van der Waals surface area (Å²) in [5.41, 5.74) is 0.855. The van der Waals surface area contributed by atoms with E-state index in [1.54, 1.807) is 4.90 Å². The molecule has 0 unspecified atom stereocenters. The summed E-state index contributed by atoms with van der Waals surface area (Å²) in [4.78, 5) is 21.2. The highest BCUT2D eigenvalue weighted by molar-refractivity contribution is 9.10. The first-order valence-electron chi connectivity index (χ1n) is 8.82. The molecular formula is C20H22BrClFN3O2S. The Morgan fingerprint density at radius 1 is 1.17 bits per heavy atom. The molecule has 0 saturated carbocycles. The average Bonchev–Trinajstić information content (AvgIpc) is 3.07. The number of aromatic nitrogens is 1. The van der Waals surface area contributed by atoms with Crippen molar-refractivity contribution in [1.82, 2.24) is 9.88 Å². The third-order valence-electron chi connectivity index (χ3n) is 4.03. The number of halogens is 3. The van der Waals surface area contributed by atoms with Crippen LogP contribution in [0.25, 0.3) is 10.2 Å². The van der Waals surface area contributed by atoms with Crippen LogP contribution in [0.5, 0.6) is 5.75 Å². The number of anilines is 1. The number of amides is 1. The van der Waals surface area contributed by atoms with Gasteiger partial charge in [0.15, 0.2) is 11.7 Å². The van der Waals surface area contributed by atoms with Gasteiger partial charge in [0.05, 0.1) is 10.2 Å². The fraction of sp³-hybridized carbons (Fsp3) is 0.300. The number of ether oxygens (including phenoxy) is 1. The molecule has 0 aliphatic rings. The van der Waals surface area contributed by atoms with Gasteiger partial charge in [0.25, 0.3) is 5.91 Å². The van der Waals surface area contributed by atoms with Gasteiger partial charge < -0.3 is 9.64 Å². The topological polar surface area (TPSA) is 45.7 Å². The molecule has 9 heteroatoms. The Hall–Kier alpha value is -1.74. The van der Waals surface area contributed by atoms with E-state index < -0.39 is 0 Å². The minimum atomic E-state index is -0.343. The van der Waals surface area contributed by atoms with Crippen LogP contribution in [0.4, 0.5) is 9.52 Å². The second-order valence-corrected chi connectivity index (χ2v) is 8.48. The molecule has 1 aromatic heterocycles. The monoisotopic (exact) mass is 501 g/mol. The molecule has 0 aliphatic carbocycles. The minimum Gasteiger partial charge on any atom is -0.484 e. The van der Waals surface area contributed by atoms with Crippen molar-refractivity contribution in [3.8, 4) is 5.75 Å². The quantitative estimate of drug-likeness (QED) is 0.436. The van der Waals surface area contributed by atoms with Crippen LogP contribution in [0, 0.1) is 5.82 Å². The van der Waals surface area contributed by atoms with Gasteiger partial charge in [-0.25, -0.2) is 9.37 Å². The molecule has 0 saturated heterocycles. The SMILES string of the molecule is CN(C)CCCN(C(=O)COc1ccc(F)cc1)c1nc2ccc(Br)cc2s1.Cl. The number of benzene rings is 2. The van der Waals surface area contributed by atoms with Crippen molar-refractivity contribution < 1.29 is 13.9 Å². The number of hydrogen-bond acceptors (Lipinski definition) is 5. The summed E-state index contributed by atoms with van der Waals surface area (Å²) >= 11 is 4.94. The number of hydrogen-bond donors (Lipinski definition) is 0. The van der Waals surface area contributed by atoms with E-state index in [9.17, 15) is 9.18 Å². The summed E-state index contributed by atoms with van der Waals surface area (Å²) in [7, 11) is 4.00. The highest BCUT2D eigenvalue weighted by Crippen LogP contribution is 2.31. The van der Waals surface area contributed by atoms with Crippen LogP contribution in [0.1, 0.15) is 6.42 Å². The lowest BCUT2D eigenvalue weighted by molar-refractivity contribution is -0.120. The van der Waals surface area contributed by atoms with E-state index in [1.807, 2.05) is 32.3 Å². The molecule has 0 radical (unpaired) electrons. The van der Waals surface area contributed by atoms with E-state index in [2.05, 4.69) is 25.8 Å². The number of carbonyl (C=O) groups is 1. The fourth-order valence-corrected chi connectivity index (χ4v) is 4.19. The van der Waals surface area contributed by atoms with Gasteiger partial charge in [0.1, 0.15) is 11.6 Å². The predicted molar refractivity (Wildman–Crippen MR) is 122 cm³/mol. The molecule has 0 N–H and O–H groups in total. The van der Waals surface area contributed by atoms with Crippen molar-refractivity contribution in [2.24, 2.45) is 0 Å². The van der Waals surface area contributed by atoms with Crippen LogP contribution in [0.2, 0.25) is 0 Å². The molecule has 1 heterocycles. The zero-order valence-electron chi connectivity index (χ0n) is 16.1. The Kier molecular flexibility index (Phi) is 8.82. The lowest BCUT2D eigenvalue weighted by Crippen LogP contribution is -2.36. The van der Waals surface area contributed by atoms with Crippen LogP contribution in [-0.4, -0.2) is 49.6 Å². The normalized spacial score (nSPS) is 10.8. The largest absolute Gasteiger partial charge is 0.484 e. The molecule has 156 valence electrons. The average molecular weight is 503 g/mol. The zero-order chi connectivity index (χ0) is 20.1. The van der Waals surface area contributed by atoms with Gasteiger partial charge in [-0.15, -0.1) is 12.4 Å². The van der Waals surface area contributed by atoms with E-state index in [-0.39, 0.29) is 30.7 Å². The number of thiazole rings is 1. The molecule has 3 rings (SSSR count). The smallest absolute Gasteiger partial charge is 0.266 e. The first-order valence-corrected chi connectivity index (χ1v) is 10.4. The lowest BCUT2D eigenvalue weighted by Gasteiger charge is -2.21. The van der Waals surface area contributed by atoms with Gasteiger partial charge in [-0.1, -0.05) is 27.3 Å². The third-order valence-corrected chi connectivity index (χ3v) is 5.57. The molecule has 5 nitrogen and oxygen atoms in total. The Labute approximate surface area is 188 Å². The van der Waals surface area contributed by atoms with Gasteiger partial charge in [-0.2, -0.15) is 0 Å². The van der Waals surface area contributed by atoms with Crippen LogP contribution in [-0.2, 0) is 4.79 Å². The second kappa shape index (κ2) is 10.9. The van der Waals surface area contributed by atoms with Crippen molar-refractivity contribution >= 4 is 60.9 Å². The Morgan fingerprint density at radius 3 is 2.59 bits per heavy atom. The molecule has 3 aromatic rings. The zero-order valence-corrected chi connectivity index (χ0v) is 19.3. The van der Waals surface area contributed by atoms with Gasteiger partial charge in [0.2, 0.25) is 0 Å². The van der Waals surface area contributed by atoms with E-state index in [0.717, 1.165) is 27.7 Å². The summed E-state index contributed by atoms with van der Waals surface area (Å²) in [6.07, 6.45) is 0.814. The van der Waals surface area contributed by atoms with Crippen LogP contribution < -0.4 is 9.64 Å². The maximum atomic E-state index is 13.0. The first-order chi connectivity index (χ1) is 13.4. The molecule has 29 heavy (non-hydrogen) atoms. The standard InChI is InChI=1S/C20H21BrFN3O2S.ClH/c1-24(2)10-3-11-25(19(26)13-27-16-7-5-15(22)6-8-16)20-23-17-9-4-14(21)12-18(17)28-20;/h4-9,12H,3,10-11,13H2,1-2H3;1H. The van der Waals surface area contributed by atoms with Crippen molar-refractivity contribution in [1.29, 1.82) is 0 Å². The predicted octanol–water partition coefficient (Wildman–Crippen LogP) is 4.98. The first kappa shape index (κ1) is 23.5. The van der Waals surface area contributed by atoms with E-state index in [0.29, 0.717) is 17.4 Å². The molecular weight excluding hydrogens is 481 g/mol. The number of rotatable bonds is 8. The second-order valence-electron chi connectivity index (χ2n) is 6.55. The van der Waals surface area contributed by atoms with Gasteiger partial charge in [-0.05, 0) is 69.5 Å². The van der Waals surface area contributed by atoms with Gasteiger partial charge >= 0.3 is 0 Å². The van der Waals surface area contributed by atoms with E-state index in [1.165, 1.54) is 35.6 Å². The highest BCUT2D eigenvalue weighted by Gasteiger charge is 2.20. The molecule has 0 aliphatic heterocycles. The Morgan fingerprint density at radius 2 is 1.90 bits per heavy atom. The molecule has 2 aromatic carbocycles. The van der Waals surface area contributed by atoms with E-state index in [4.69, 9.17) is 4.74 Å². The van der Waals surface area contributed by atoms with Crippen LogP contribution in [0.15, 0.2) is 46.9 Å². The molecule has 0 bridgehead atoms. The summed E-state index contributed by atoms with van der Waals surface area (Å²) in [5, 5.41) is 0.652. The lowest BCUT2D eigenvalue weighted by atomic mass is 10.3. The summed E-state index contributed by atoms with van der Waals surface area (Å²) < 4.78 is 20.6. The van der Waals surface area contributed by atoms with Crippen LogP contribution in [0.3, 0.4) is 0 Å². The number of nitrogens with zero attached hydrogens (tertiary/aromatic N) is 3. The fourth-order valence-electron chi connectivity index (χ4n) is 2.63. The minimum absolute atomic E-state index is 0. The molecule has 0 atom stereocenters. The Bertz CT molecular complexity index is 953. The van der Waals surface area contributed by atoms with Crippen molar-refractivity contribution in [3.05, 3.63) is 52.8 Å². The summed E-state index contributed by atoms with van der Waals surface area (Å²) in [6, 6.07) is 11.5. The number of carbonyl (C=O) groups excluding carboxylic acids is 1. The van der Waals surface area contributed by atoms with Crippen molar-refractivity contribution in [2.45, 2.75) is 6.42 Å². The highest BCUT2D eigenvalue weighted by atomic mass is 79.9. The molecule has 0 spiro atoms. The maximum absolute atomic E-state index is 13.0. The molecule has 0 fully saturated rings. The summed E-state index contributed by atoms with van der Waals surface area (Å²) in [5.74, 6) is -0.0675.